The number of carbonyl (C=O) groups is 1. The van der Waals surface area contributed by atoms with Crippen LogP contribution in [0.5, 0.6) is 0 Å². The predicted molar refractivity (Wildman–Crippen MR) is 301 cm³/mol. The summed E-state index contributed by atoms with van der Waals surface area (Å²) in [5.74, 6) is -1.71. The molecule has 0 radical (unpaired) electrons. The van der Waals surface area contributed by atoms with Crippen LogP contribution in [-0.2, 0) is 89.9 Å². The molecule has 1 aliphatic heterocycles. The SMILES string of the molecule is C=C(/C=C/C=C/C=C1/N(CCCCCC(=O)O)c2ccc3c(S(=O)(=O)O)cc(S(=O)(=O)O)cc3c2C1(C)CCCS(=O)(=O)O)C(C)(CCOCCOCCOCCOCCOC)c1c(C)ccc2c(S(=O)(=O)O)cc(S(=O)(=O)O)cc12. The summed E-state index contributed by atoms with van der Waals surface area (Å²) in [4.78, 5) is 9.91. The van der Waals surface area contributed by atoms with Crippen LogP contribution in [0.4, 0.5) is 5.69 Å². The number of fused-ring (bicyclic) bond motifs is 4. The van der Waals surface area contributed by atoms with Gasteiger partial charge in [0.25, 0.3) is 50.6 Å². The molecule has 448 valence electrons. The normalized spacial score (nSPS) is 16.8. The van der Waals surface area contributed by atoms with E-state index in [2.05, 4.69) is 6.58 Å². The molecule has 2 unspecified atom stereocenters. The topological polar surface area (TPSA) is 359 Å². The Hall–Kier alpha value is -5.02. The summed E-state index contributed by atoms with van der Waals surface area (Å²) in [5, 5.41) is 9.13. The van der Waals surface area contributed by atoms with Crippen molar-refractivity contribution >= 4 is 83.8 Å². The van der Waals surface area contributed by atoms with Crippen molar-refractivity contribution in [3.8, 4) is 0 Å². The fraction of sp³-hybridized carbons (Fsp3) is 0.453. The van der Waals surface area contributed by atoms with Gasteiger partial charge < -0.3 is 33.7 Å². The lowest BCUT2D eigenvalue weighted by Crippen LogP contribution is -2.30. The molecule has 0 aliphatic carbocycles. The third-order valence-corrected chi connectivity index (χ3v) is 18.1. The number of unbranched alkanes of at least 4 members (excludes halogenated alkanes) is 2. The smallest absolute Gasteiger partial charge is 0.303 e. The van der Waals surface area contributed by atoms with Gasteiger partial charge in [-0.05, 0) is 115 Å². The number of aryl methyl sites for hydroxylation is 1. The van der Waals surface area contributed by atoms with Gasteiger partial charge in [0.1, 0.15) is 9.79 Å². The molecule has 0 spiro atoms. The standard InChI is InChI=1S/C53H69NO22S5/c1-37-16-17-41-43(33-39(78(60,61)62)35-46(41)80(66,67)68)50(37)52(3,21-23-73-26-27-75-30-31-76-29-28-74-25-24-72-5)38(2)13-8-6-9-14-48-53(4,20-12-32-77(57,58)59)51-44-34-40(79(63,64)65)36-47(81(69,70)71)42(44)18-19-45(51)54(48)22-11-7-10-15-49(55)56/h6,8-9,13-14,16-19,33-36H,2,7,10-12,15,20-32H2,1,3-5H3,(H,55,56)(H,57,58,59)(H,60,61,62)(H,63,64,65)(H,66,67,68)(H,69,70,71)/b9-6+,13-8+,48-14+. The second-order valence-electron chi connectivity index (χ2n) is 19.6. The largest absolute Gasteiger partial charge is 0.481 e. The number of methoxy groups -OCH3 is 1. The first-order valence-electron chi connectivity index (χ1n) is 25.3. The van der Waals surface area contributed by atoms with E-state index >= 15 is 0 Å². The Balaban J connectivity index is 1.59. The average molecular weight is 1230 g/mol. The second-order valence-corrected chi connectivity index (χ2v) is 26.8. The molecule has 4 aromatic rings. The van der Waals surface area contributed by atoms with Gasteiger partial charge in [-0.1, -0.05) is 62.4 Å². The molecule has 81 heavy (non-hydrogen) atoms. The zero-order chi connectivity index (χ0) is 60.2. The van der Waals surface area contributed by atoms with Crippen molar-refractivity contribution in [2.24, 2.45) is 0 Å². The molecule has 5 rings (SSSR count). The molecule has 0 amide bonds. The quantitative estimate of drug-likeness (QED) is 0.0152. The number of hydrogen-bond donors (Lipinski definition) is 6. The minimum absolute atomic E-state index is 0.0304. The van der Waals surface area contributed by atoms with Crippen LogP contribution in [0.2, 0.25) is 0 Å². The number of hydrogen-bond acceptors (Lipinski definition) is 17. The minimum Gasteiger partial charge on any atom is -0.481 e. The van der Waals surface area contributed by atoms with Crippen LogP contribution in [0.15, 0.2) is 116 Å². The van der Waals surface area contributed by atoms with Crippen LogP contribution in [0.25, 0.3) is 21.5 Å². The molecule has 0 saturated carbocycles. The van der Waals surface area contributed by atoms with Crippen LogP contribution in [0, 0.1) is 6.92 Å². The molecule has 0 saturated heterocycles. The van der Waals surface area contributed by atoms with Crippen molar-refractivity contribution < 1.29 is 98.4 Å². The molecular weight excluding hydrogens is 1160 g/mol. The van der Waals surface area contributed by atoms with Crippen LogP contribution in [0.1, 0.15) is 75.5 Å². The first kappa shape index (κ1) is 66.8. The third-order valence-electron chi connectivity index (χ3n) is 13.9. The summed E-state index contributed by atoms with van der Waals surface area (Å²) in [6, 6.07) is 9.27. The van der Waals surface area contributed by atoms with Gasteiger partial charge >= 0.3 is 5.97 Å². The number of carboxylic acid groups (broad SMARTS) is 1. The Morgan fingerprint density at radius 1 is 0.642 bits per heavy atom. The zero-order valence-electron chi connectivity index (χ0n) is 45.1. The molecule has 0 bridgehead atoms. The molecule has 1 heterocycles. The number of aliphatic carboxylic acids is 1. The molecule has 28 heteroatoms. The van der Waals surface area contributed by atoms with Crippen molar-refractivity contribution in [3.63, 3.8) is 0 Å². The van der Waals surface area contributed by atoms with Gasteiger partial charge in [0.15, 0.2) is 0 Å². The lowest BCUT2D eigenvalue weighted by Gasteiger charge is -2.34. The second kappa shape index (κ2) is 28.0. The van der Waals surface area contributed by atoms with Crippen LogP contribution in [0.3, 0.4) is 0 Å². The number of allylic oxidation sites excluding steroid dienone is 7. The Morgan fingerprint density at radius 3 is 1.68 bits per heavy atom. The maximum absolute atomic E-state index is 12.8. The van der Waals surface area contributed by atoms with E-state index < -0.39 is 92.7 Å². The van der Waals surface area contributed by atoms with Crippen LogP contribution >= 0.6 is 0 Å². The monoisotopic (exact) mass is 1230 g/mol. The molecule has 0 aromatic heterocycles. The number of benzene rings is 4. The van der Waals surface area contributed by atoms with Crippen molar-refractivity contribution in [2.75, 3.05) is 83.8 Å². The van der Waals surface area contributed by atoms with E-state index in [1.165, 1.54) is 18.2 Å². The van der Waals surface area contributed by atoms with E-state index in [0.717, 1.165) is 12.1 Å². The highest BCUT2D eigenvalue weighted by Crippen LogP contribution is 2.54. The molecule has 2 atom stereocenters. The maximum Gasteiger partial charge on any atom is 0.303 e. The first-order chi connectivity index (χ1) is 37.8. The number of carboxylic acids is 1. The number of nitrogens with zero attached hydrogens (tertiary/aromatic N) is 1. The molecule has 4 aromatic carbocycles. The Labute approximate surface area is 473 Å². The van der Waals surface area contributed by atoms with Gasteiger partial charge in [-0.3, -0.25) is 27.6 Å². The van der Waals surface area contributed by atoms with E-state index in [1.807, 2.05) is 4.90 Å². The highest BCUT2D eigenvalue weighted by Gasteiger charge is 2.45. The van der Waals surface area contributed by atoms with E-state index in [1.54, 1.807) is 64.3 Å². The van der Waals surface area contributed by atoms with Crippen molar-refractivity contribution in [1.82, 2.24) is 0 Å². The number of rotatable bonds is 34. The number of anilines is 1. The van der Waals surface area contributed by atoms with Gasteiger partial charge in [-0.25, -0.2) is 0 Å². The van der Waals surface area contributed by atoms with Gasteiger partial charge in [0.2, 0.25) is 0 Å². The number of ether oxygens (including phenoxy) is 5. The fourth-order valence-electron chi connectivity index (χ4n) is 9.96. The van der Waals surface area contributed by atoms with Gasteiger partial charge in [0.05, 0.1) is 68.4 Å². The highest BCUT2D eigenvalue weighted by molar-refractivity contribution is 7.87. The molecular formula is C53H69NO22S5. The lowest BCUT2D eigenvalue weighted by atomic mass is 9.70. The zero-order valence-corrected chi connectivity index (χ0v) is 49.2. The first-order valence-corrected chi connectivity index (χ1v) is 32.7. The Morgan fingerprint density at radius 2 is 1.16 bits per heavy atom. The van der Waals surface area contributed by atoms with Gasteiger partial charge in [0, 0.05) is 59.7 Å². The van der Waals surface area contributed by atoms with Crippen molar-refractivity contribution in [1.29, 1.82) is 0 Å². The van der Waals surface area contributed by atoms with Crippen LogP contribution < -0.4 is 4.90 Å². The van der Waals surface area contributed by atoms with Gasteiger partial charge in [-0.15, -0.1) is 0 Å². The van der Waals surface area contributed by atoms with Crippen molar-refractivity contribution in [2.45, 2.75) is 96.1 Å². The summed E-state index contributed by atoms with van der Waals surface area (Å²) in [5.41, 5.74) is -0.106. The Kier molecular flexibility index (Phi) is 23.1. The van der Waals surface area contributed by atoms with E-state index in [0.29, 0.717) is 92.5 Å². The molecule has 0 fully saturated rings. The summed E-state index contributed by atoms with van der Waals surface area (Å²) in [7, 11) is -23.3. The van der Waals surface area contributed by atoms with E-state index in [4.69, 9.17) is 23.7 Å². The summed E-state index contributed by atoms with van der Waals surface area (Å²) in [6.07, 6.45) is 9.05. The lowest BCUT2D eigenvalue weighted by molar-refractivity contribution is -0.137. The van der Waals surface area contributed by atoms with E-state index in [-0.39, 0.29) is 85.8 Å². The van der Waals surface area contributed by atoms with Gasteiger partial charge in [-0.2, -0.15) is 42.1 Å². The fourth-order valence-corrected chi connectivity index (χ4v) is 13.1. The van der Waals surface area contributed by atoms with Crippen molar-refractivity contribution in [3.05, 3.63) is 113 Å². The Bertz CT molecular complexity index is 3630. The third kappa shape index (κ3) is 17.8. The van der Waals surface area contributed by atoms with E-state index in [9.17, 15) is 74.8 Å². The summed E-state index contributed by atoms with van der Waals surface area (Å²) >= 11 is 0. The maximum atomic E-state index is 12.8. The minimum atomic E-state index is -5.14. The molecule has 1 aliphatic rings. The summed E-state index contributed by atoms with van der Waals surface area (Å²) in [6.45, 7) is 12.4. The molecule has 6 N–H and O–H groups in total. The molecule has 23 nitrogen and oxygen atoms in total. The highest BCUT2D eigenvalue weighted by atomic mass is 32.2. The van der Waals surface area contributed by atoms with Crippen LogP contribution in [-0.4, -0.2) is 155 Å². The summed E-state index contributed by atoms with van der Waals surface area (Å²) < 4.78 is 204. The predicted octanol–water partition coefficient (Wildman–Crippen LogP) is 7.29. The average Bonchev–Trinajstić information content (AvgIpc) is 3.83.